The SMILES string of the molecule is N=C1/C(=C\c2ccc(Cl)cc2)C(=O)N=C2SC(N3CCCCC3)=NN12. The monoisotopic (exact) mass is 373 g/mol. The number of hydrogen-bond acceptors (Lipinski definition) is 5. The summed E-state index contributed by atoms with van der Waals surface area (Å²) in [5.74, 6) is -0.349. The van der Waals surface area contributed by atoms with E-state index in [2.05, 4.69) is 15.0 Å². The first-order valence-electron chi connectivity index (χ1n) is 8.12. The summed E-state index contributed by atoms with van der Waals surface area (Å²) in [4.78, 5) is 18.7. The normalized spacial score (nSPS) is 22.2. The van der Waals surface area contributed by atoms with Crippen LogP contribution in [0, 0.1) is 5.41 Å². The van der Waals surface area contributed by atoms with Crippen LogP contribution in [-0.2, 0) is 4.79 Å². The number of fused-ring (bicyclic) bond motifs is 1. The van der Waals surface area contributed by atoms with E-state index < -0.39 is 5.91 Å². The molecule has 0 radical (unpaired) electrons. The first-order valence-corrected chi connectivity index (χ1v) is 9.32. The Morgan fingerprint density at radius 2 is 1.84 bits per heavy atom. The molecule has 8 heteroatoms. The van der Waals surface area contributed by atoms with Crippen molar-refractivity contribution in [3.63, 3.8) is 0 Å². The standard InChI is InChI=1S/C17H16ClN5OS/c18-12-6-4-11(5-7-12)10-13-14(19)23-16(20-15(13)24)25-17(21-23)22-8-2-1-3-9-22/h4-7,10,19H,1-3,8-9H2/b13-10+,19-14?. The van der Waals surface area contributed by atoms with Crippen LogP contribution < -0.4 is 0 Å². The molecule has 128 valence electrons. The Balaban J connectivity index is 1.62. The molecule has 0 spiro atoms. The topological polar surface area (TPSA) is 72.1 Å². The summed E-state index contributed by atoms with van der Waals surface area (Å²) in [6, 6.07) is 7.10. The van der Waals surface area contributed by atoms with Crippen molar-refractivity contribution in [3.05, 3.63) is 40.4 Å². The molecule has 25 heavy (non-hydrogen) atoms. The zero-order chi connectivity index (χ0) is 17.4. The summed E-state index contributed by atoms with van der Waals surface area (Å²) in [5.41, 5.74) is 1.03. The number of thioether (sulfide) groups is 1. The van der Waals surface area contributed by atoms with E-state index in [4.69, 9.17) is 17.0 Å². The maximum absolute atomic E-state index is 12.4. The minimum Gasteiger partial charge on any atom is -0.349 e. The van der Waals surface area contributed by atoms with Gasteiger partial charge in [-0.2, -0.15) is 10.0 Å². The van der Waals surface area contributed by atoms with Crippen molar-refractivity contribution < 1.29 is 4.79 Å². The van der Waals surface area contributed by atoms with E-state index in [9.17, 15) is 4.79 Å². The number of nitrogens with one attached hydrogen (secondary N) is 1. The van der Waals surface area contributed by atoms with Gasteiger partial charge in [0.1, 0.15) is 0 Å². The number of likely N-dealkylation sites (tertiary alicyclic amines) is 1. The Morgan fingerprint density at radius 3 is 2.56 bits per heavy atom. The summed E-state index contributed by atoms with van der Waals surface area (Å²) >= 11 is 7.25. The van der Waals surface area contributed by atoms with E-state index >= 15 is 0 Å². The third-order valence-electron chi connectivity index (χ3n) is 4.25. The highest BCUT2D eigenvalue weighted by Crippen LogP contribution is 2.30. The number of hydrogen-bond donors (Lipinski definition) is 1. The number of rotatable bonds is 1. The number of aliphatic imine (C=N–C) groups is 1. The minimum absolute atomic E-state index is 0.0597. The summed E-state index contributed by atoms with van der Waals surface area (Å²) in [5, 5.41) is 16.3. The van der Waals surface area contributed by atoms with Gasteiger partial charge in [-0.05, 0) is 54.8 Å². The van der Waals surface area contributed by atoms with Gasteiger partial charge in [-0.25, -0.2) is 0 Å². The van der Waals surface area contributed by atoms with Crippen LogP contribution in [-0.4, -0.2) is 45.1 Å². The highest BCUT2D eigenvalue weighted by Gasteiger charge is 2.37. The van der Waals surface area contributed by atoms with E-state index in [0.29, 0.717) is 10.2 Å². The van der Waals surface area contributed by atoms with Crippen molar-refractivity contribution in [2.75, 3.05) is 13.1 Å². The molecule has 3 aliphatic heterocycles. The molecule has 1 saturated heterocycles. The molecule has 1 aromatic carbocycles. The fourth-order valence-electron chi connectivity index (χ4n) is 2.92. The van der Waals surface area contributed by atoms with E-state index in [1.54, 1.807) is 30.3 Å². The van der Waals surface area contributed by atoms with Crippen molar-refractivity contribution in [3.8, 4) is 0 Å². The first-order chi connectivity index (χ1) is 12.1. The molecule has 4 rings (SSSR count). The Hall–Kier alpha value is -2.12. The third-order valence-corrected chi connectivity index (χ3v) is 5.47. The van der Waals surface area contributed by atoms with Crippen LogP contribution in [0.15, 0.2) is 39.9 Å². The van der Waals surface area contributed by atoms with E-state index in [-0.39, 0.29) is 11.4 Å². The van der Waals surface area contributed by atoms with Gasteiger partial charge in [-0.15, -0.1) is 5.10 Å². The average molecular weight is 374 g/mol. The number of piperidine rings is 1. The van der Waals surface area contributed by atoms with Crippen molar-refractivity contribution >= 4 is 51.5 Å². The fourth-order valence-corrected chi connectivity index (χ4v) is 3.99. The summed E-state index contributed by atoms with van der Waals surface area (Å²) in [6.07, 6.45) is 5.18. The van der Waals surface area contributed by atoms with Gasteiger partial charge in [0.05, 0.1) is 5.57 Å². The second-order valence-electron chi connectivity index (χ2n) is 6.00. The molecule has 6 nitrogen and oxygen atoms in total. The van der Waals surface area contributed by atoms with Gasteiger partial charge in [0, 0.05) is 18.1 Å². The fraction of sp³-hybridized carbons (Fsp3) is 0.294. The largest absolute Gasteiger partial charge is 0.349 e. The first kappa shape index (κ1) is 16.4. The van der Waals surface area contributed by atoms with Crippen LogP contribution in [0.5, 0.6) is 0 Å². The van der Waals surface area contributed by atoms with Gasteiger partial charge >= 0.3 is 0 Å². The lowest BCUT2D eigenvalue weighted by atomic mass is 10.1. The van der Waals surface area contributed by atoms with Gasteiger partial charge in [0.25, 0.3) is 5.91 Å². The number of amides is 1. The molecule has 1 aromatic rings. The van der Waals surface area contributed by atoms with Crippen molar-refractivity contribution in [1.82, 2.24) is 9.91 Å². The van der Waals surface area contributed by atoms with Crippen molar-refractivity contribution in [2.45, 2.75) is 19.3 Å². The predicted octanol–water partition coefficient (Wildman–Crippen LogP) is 3.40. The van der Waals surface area contributed by atoms with Gasteiger partial charge in [0.2, 0.25) is 5.17 Å². The molecule has 1 fully saturated rings. The van der Waals surface area contributed by atoms with Crippen molar-refractivity contribution in [2.24, 2.45) is 10.1 Å². The number of hydrazone groups is 1. The molecule has 1 amide bonds. The highest BCUT2D eigenvalue weighted by atomic mass is 35.5. The summed E-state index contributed by atoms with van der Waals surface area (Å²) < 4.78 is 0. The van der Waals surface area contributed by atoms with Gasteiger partial charge in [0.15, 0.2) is 11.0 Å². The molecule has 3 heterocycles. The second kappa shape index (κ2) is 6.65. The zero-order valence-electron chi connectivity index (χ0n) is 13.4. The Bertz CT molecular complexity index is 824. The molecular weight excluding hydrogens is 358 g/mol. The van der Waals surface area contributed by atoms with E-state index in [1.165, 1.54) is 23.2 Å². The number of carbonyl (C=O) groups excluding carboxylic acids is 1. The molecule has 1 N–H and O–H groups in total. The van der Waals surface area contributed by atoms with Gasteiger partial charge in [-0.1, -0.05) is 23.7 Å². The molecular formula is C17H16ClN5OS. The zero-order valence-corrected chi connectivity index (χ0v) is 15.0. The van der Waals surface area contributed by atoms with Gasteiger partial charge in [-0.3, -0.25) is 10.2 Å². The molecule has 0 aliphatic carbocycles. The third kappa shape index (κ3) is 3.21. The number of halogens is 1. The maximum atomic E-state index is 12.4. The Morgan fingerprint density at radius 1 is 1.12 bits per heavy atom. The van der Waals surface area contributed by atoms with Crippen LogP contribution >= 0.6 is 23.4 Å². The quantitative estimate of drug-likeness (QED) is 0.766. The molecule has 3 aliphatic rings. The summed E-state index contributed by atoms with van der Waals surface area (Å²) in [7, 11) is 0. The van der Waals surface area contributed by atoms with Crippen LogP contribution in [0.4, 0.5) is 0 Å². The number of nitrogens with zero attached hydrogens (tertiary/aromatic N) is 4. The van der Waals surface area contributed by atoms with Crippen LogP contribution in [0.2, 0.25) is 5.02 Å². The van der Waals surface area contributed by atoms with E-state index in [0.717, 1.165) is 36.7 Å². The summed E-state index contributed by atoms with van der Waals surface area (Å²) in [6.45, 7) is 1.92. The maximum Gasteiger partial charge on any atom is 0.283 e. The average Bonchev–Trinajstić information content (AvgIpc) is 3.05. The van der Waals surface area contributed by atoms with Gasteiger partial charge < -0.3 is 4.90 Å². The lowest BCUT2D eigenvalue weighted by molar-refractivity contribution is -0.114. The van der Waals surface area contributed by atoms with Crippen LogP contribution in [0.25, 0.3) is 6.08 Å². The van der Waals surface area contributed by atoms with Crippen molar-refractivity contribution in [1.29, 1.82) is 5.41 Å². The Labute approximate surface area is 154 Å². The lowest BCUT2D eigenvalue weighted by Crippen LogP contribution is -2.35. The molecule has 0 bridgehead atoms. The molecule has 0 aromatic heterocycles. The Kier molecular flexibility index (Phi) is 4.35. The lowest BCUT2D eigenvalue weighted by Gasteiger charge is -2.26. The molecule has 0 atom stereocenters. The molecule has 0 unspecified atom stereocenters. The highest BCUT2D eigenvalue weighted by molar-refractivity contribution is 8.26. The van der Waals surface area contributed by atoms with Crippen LogP contribution in [0.3, 0.4) is 0 Å². The number of carbonyl (C=O) groups is 1. The molecule has 0 saturated carbocycles. The smallest absolute Gasteiger partial charge is 0.283 e. The number of amidine groups is 3. The second-order valence-corrected chi connectivity index (χ2v) is 7.37. The van der Waals surface area contributed by atoms with E-state index in [1.807, 2.05) is 0 Å². The number of benzene rings is 1. The minimum atomic E-state index is -0.409. The predicted molar refractivity (Wildman–Crippen MR) is 102 cm³/mol. The van der Waals surface area contributed by atoms with Crippen LogP contribution in [0.1, 0.15) is 24.8 Å².